The van der Waals surface area contributed by atoms with Crippen molar-refractivity contribution in [1.82, 2.24) is 4.57 Å². The minimum Gasteiger partial charge on any atom is -0.326 e. The lowest BCUT2D eigenvalue weighted by Gasteiger charge is -2.12. The smallest absolute Gasteiger partial charge is 0.186 e. The molecule has 0 saturated heterocycles. The fraction of sp³-hybridized carbons (Fsp3) is 0.154. The van der Waals surface area contributed by atoms with Gasteiger partial charge < -0.3 is 10.3 Å². The van der Waals surface area contributed by atoms with Crippen molar-refractivity contribution in [2.45, 2.75) is 13.5 Å². The SMILES string of the molecule is Cc1cc(=O)c(CN)cn1-c1ccc(Br)cc1. The first kappa shape index (κ1) is 12.1. The molecule has 17 heavy (non-hydrogen) atoms. The third-order valence-corrected chi connectivity index (χ3v) is 3.17. The highest BCUT2D eigenvalue weighted by atomic mass is 79.9. The lowest BCUT2D eigenvalue weighted by atomic mass is 10.2. The molecule has 0 bridgehead atoms. The van der Waals surface area contributed by atoms with E-state index in [0.717, 1.165) is 15.9 Å². The van der Waals surface area contributed by atoms with Gasteiger partial charge in [0.15, 0.2) is 5.43 Å². The van der Waals surface area contributed by atoms with Gasteiger partial charge in [-0.2, -0.15) is 0 Å². The Morgan fingerprint density at radius 2 is 1.94 bits per heavy atom. The van der Waals surface area contributed by atoms with Gasteiger partial charge in [0.1, 0.15) is 0 Å². The molecule has 0 aliphatic carbocycles. The molecule has 4 heteroatoms. The molecule has 0 radical (unpaired) electrons. The summed E-state index contributed by atoms with van der Waals surface area (Å²) in [5.41, 5.74) is 8.09. The molecule has 1 aromatic heterocycles. The normalized spacial score (nSPS) is 10.5. The van der Waals surface area contributed by atoms with Gasteiger partial charge in [0.05, 0.1) is 0 Å². The van der Waals surface area contributed by atoms with Gasteiger partial charge >= 0.3 is 0 Å². The van der Waals surface area contributed by atoms with E-state index in [0.29, 0.717) is 5.56 Å². The third-order valence-electron chi connectivity index (χ3n) is 2.65. The molecular weight excluding hydrogens is 280 g/mol. The van der Waals surface area contributed by atoms with E-state index >= 15 is 0 Å². The minimum absolute atomic E-state index is 0.00152. The van der Waals surface area contributed by atoms with Crippen molar-refractivity contribution in [2.24, 2.45) is 5.73 Å². The summed E-state index contributed by atoms with van der Waals surface area (Å²) in [7, 11) is 0. The van der Waals surface area contributed by atoms with Gasteiger partial charge in [-0.25, -0.2) is 0 Å². The topological polar surface area (TPSA) is 48.0 Å². The highest BCUT2D eigenvalue weighted by Gasteiger charge is 2.04. The van der Waals surface area contributed by atoms with E-state index in [1.165, 1.54) is 0 Å². The first-order valence-electron chi connectivity index (χ1n) is 5.30. The fourth-order valence-corrected chi connectivity index (χ4v) is 1.97. The van der Waals surface area contributed by atoms with Crippen LogP contribution in [0, 0.1) is 6.92 Å². The Bertz CT molecular complexity index is 587. The second-order valence-electron chi connectivity index (χ2n) is 3.85. The third kappa shape index (κ3) is 2.48. The standard InChI is InChI=1S/C13H13BrN2O/c1-9-6-13(17)10(7-15)8-16(9)12-4-2-11(14)3-5-12/h2-6,8H,7,15H2,1H3. The second-order valence-corrected chi connectivity index (χ2v) is 4.77. The Morgan fingerprint density at radius 3 is 2.53 bits per heavy atom. The number of halogens is 1. The van der Waals surface area contributed by atoms with Crippen molar-refractivity contribution >= 4 is 15.9 Å². The molecule has 2 aromatic rings. The molecule has 2 rings (SSSR count). The number of nitrogens with zero attached hydrogens (tertiary/aromatic N) is 1. The van der Waals surface area contributed by atoms with E-state index in [9.17, 15) is 4.79 Å². The van der Waals surface area contributed by atoms with Crippen LogP contribution < -0.4 is 11.2 Å². The highest BCUT2D eigenvalue weighted by molar-refractivity contribution is 9.10. The maximum atomic E-state index is 11.6. The number of aryl methyl sites for hydroxylation is 1. The summed E-state index contributed by atoms with van der Waals surface area (Å²) in [5.74, 6) is 0. The van der Waals surface area contributed by atoms with Crippen LogP contribution in [0.2, 0.25) is 0 Å². The van der Waals surface area contributed by atoms with Crippen LogP contribution in [0.5, 0.6) is 0 Å². The van der Waals surface area contributed by atoms with Gasteiger partial charge in [-0.15, -0.1) is 0 Å². The molecule has 0 saturated carbocycles. The van der Waals surface area contributed by atoms with Crippen LogP contribution in [0.4, 0.5) is 0 Å². The van der Waals surface area contributed by atoms with Crippen molar-refractivity contribution in [2.75, 3.05) is 0 Å². The monoisotopic (exact) mass is 292 g/mol. The highest BCUT2D eigenvalue weighted by Crippen LogP contribution is 2.15. The predicted octanol–water partition coefficient (Wildman–Crippen LogP) is 2.37. The van der Waals surface area contributed by atoms with Gasteiger partial charge in [-0.3, -0.25) is 4.79 Å². The van der Waals surface area contributed by atoms with Crippen LogP contribution in [0.3, 0.4) is 0 Å². The summed E-state index contributed by atoms with van der Waals surface area (Å²) >= 11 is 3.40. The molecule has 0 fully saturated rings. The Kier molecular flexibility index (Phi) is 3.45. The quantitative estimate of drug-likeness (QED) is 0.924. The number of rotatable bonds is 2. The minimum atomic E-state index is -0.00152. The Hall–Kier alpha value is -1.39. The zero-order valence-corrected chi connectivity index (χ0v) is 11.1. The lowest BCUT2D eigenvalue weighted by molar-refractivity contribution is 0.923. The van der Waals surface area contributed by atoms with E-state index in [1.54, 1.807) is 12.3 Å². The average molecular weight is 293 g/mol. The molecule has 88 valence electrons. The van der Waals surface area contributed by atoms with Gasteiger partial charge in [0, 0.05) is 40.2 Å². The van der Waals surface area contributed by atoms with Crippen molar-refractivity contribution < 1.29 is 0 Å². The molecule has 0 amide bonds. The number of pyridine rings is 1. The number of aromatic nitrogens is 1. The maximum absolute atomic E-state index is 11.6. The summed E-state index contributed by atoms with van der Waals surface area (Å²) in [6.07, 6.45) is 1.81. The zero-order chi connectivity index (χ0) is 12.4. The molecule has 2 N–H and O–H groups in total. The molecule has 1 heterocycles. The van der Waals surface area contributed by atoms with E-state index in [2.05, 4.69) is 15.9 Å². The van der Waals surface area contributed by atoms with Crippen molar-refractivity contribution in [3.8, 4) is 5.69 Å². The fourth-order valence-electron chi connectivity index (χ4n) is 1.71. The molecule has 3 nitrogen and oxygen atoms in total. The predicted molar refractivity (Wildman–Crippen MR) is 72.4 cm³/mol. The number of hydrogen-bond acceptors (Lipinski definition) is 2. The molecule has 0 aliphatic heterocycles. The van der Waals surface area contributed by atoms with Crippen molar-refractivity contribution in [3.63, 3.8) is 0 Å². The van der Waals surface area contributed by atoms with Crippen LogP contribution >= 0.6 is 15.9 Å². The van der Waals surface area contributed by atoms with Crippen LogP contribution in [0.1, 0.15) is 11.3 Å². The number of benzene rings is 1. The largest absolute Gasteiger partial charge is 0.326 e. The van der Waals surface area contributed by atoms with Crippen LogP contribution in [-0.2, 0) is 6.54 Å². The van der Waals surface area contributed by atoms with Gasteiger partial charge in [-0.1, -0.05) is 15.9 Å². The van der Waals surface area contributed by atoms with E-state index in [4.69, 9.17) is 5.73 Å². The lowest BCUT2D eigenvalue weighted by Crippen LogP contribution is -2.16. The Labute approximate surface area is 108 Å². The van der Waals surface area contributed by atoms with Gasteiger partial charge in [0.2, 0.25) is 0 Å². The maximum Gasteiger partial charge on any atom is 0.186 e. The van der Waals surface area contributed by atoms with Crippen molar-refractivity contribution in [3.05, 3.63) is 62.5 Å². The number of hydrogen-bond donors (Lipinski definition) is 1. The number of nitrogens with two attached hydrogens (primary N) is 1. The van der Waals surface area contributed by atoms with E-state index < -0.39 is 0 Å². The summed E-state index contributed by atoms with van der Waals surface area (Å²) in [6, 6.07) is 9.53. The molecule has 0 aliphatic rings. The summed E-state index contributed by atoms with van der Waals surface area (Å²) < 4.78 is 3.00. The summed E-state index contributed by atoms with van der Waals surface area (Å²) in [5, 5.41) is 0. The van der Waals surface area contributed by atoms with Crippen LogP contribution in [0.25, 0.3) is 5.69 Å². The average Bonchev–Trinajstić information content (AvgIpc) is 2.31. The van der Waals surface area contributed by atoms with E-state index in [-0.39, 0.29) is 12.0 Å². The molecule has 0 atom stereocenters. The van der Waals surface area contributed by atoms with Crippen LogP contribution in [-0.4, -0.2) is 4.57 Å². The first-order valence-corrected chi connectivity index (χ1v) is 6.09. The molecule has 1 aromatic carbocycles. The molecule has 0 spiro atoms. The second kappa shape index (κ2) is 4.85. The van der Waals surface area contributed by atoms with E-state index in [1.807, 2.05) is 35.8 Å². The summed E-state index contributed by atoms with van der Waals surface area (Å²) in [4.78, 5) is 11.6. The summed E-state index contributed by atoms with van der Waals surface area (Å²) in [6.45, 7) is 2.17. The van der Waals surface area contributed by atoms with Gasteiger partial charge in [-0.05, 0) is 31.2 Å². The zero-order valence-electron chi connectivity index (χ0n) is 9.48. The molecule has 0 unspecified atom stereocenters. The van der Waals surface area contributed by atoms with Gasteiger partial charge in [0.25, 0.3) is 0 Å². The Morgan fingerprint density at radius 1 is 1.29 bits per heavy atom. The van der Waals surface area contributed by atoms with Crippen molar-refractivity contribution in [1.29, 1.82) is 0 Å². The van der Waals surface area contributed by atoms with Crippen LogP contribution in [0.15, 0.2) is 45.8 Å². The first-order chi connectivity index (χ1) is 8.11. The molecular formula is C13H13BrN2O. The Balaban J connectivity index is 2.59.